The van der Waals surface area contributed by atoms with E-state index in [9.17, 15) is 14.3 Å². The molecule has 0 saturated heterocycles. The molecule has 0 fully saturated rings. The molecule has 1 N–H and O–H groups in total. The van der Waals surface area contributed by atoms with Gasteiger partial charge in [-0.25, -0.2) is 9.18 Å². The van der Waals surface area contributed by atoms with Crippen LogP contribution in [0.3, 0.4) is 0 Å². The fourth-order valence-corrected chi connectivity index (χ4v) is 6.71. The average molecular weight is 544 g/mol. The second-order valence-corrected chi connectivity index (χ2v) is 11.9. The van der Waals surface area contributed by atoms with Crippen molar-refractivity contribution in [3.63, 3.8) is 0 Å². The fourth-order valence-electron chi connectivity index (χ4n) is 6.71. The van der Waals surface area contributed by atoms with Crippen LogP contribution in [0.1, 0.15) is 62.1 Å². The van der Waals surface area contributed by atoms with E-state index >= 15 is 0 Å². The van der Waals surface area contributed by atoms with Crippen LogP contribution in [0, 0.1) is 11.7 Å². The minimum Gasteiger partial charge on any atom is -0.389 e. The van der Waals surface area contributed by atoms with Crippen LogP contribution in [0.5, 0.6) is 0 Å². The lowest BCUT2D eigenvalue weighted by molar-refractivity contribution is -0.0301. The summed E-state index contributed by atoms with van der Waals surface area (Å²) in [4.78, 5) is 15.7. The smallest absolute Gasteiger partial charge is 0.329 e. The highest BCUT2D eigenvalue weighted by Gasteiger charge is 2.43. The van der Waals surface area contributed by atoms with Gasteiger partial charge in [0.25, 0.3) is 0 Å². The van der Waals surface area contributed by atoms with E-state index in [0.29, 0.717) is 32.4 Å². The molecule has 40 heavy (non-hydrogen) atoms. The van der Waals surface area contributed by atoms with Gasteiger partial charge in [-0.1, -0.05) is 62.4 Å². The van der Waals surface area contributed by atoms with E-state index in [4.69, 9.17) is 0 Å². The quantitative estimate of drug-likeness (QED) is 0.229. The summed E-state index contributed by atoms with van der Waals surface area (Å²) in [5.41, 5.74) is 4.46. The lowest BCUT2D eigenvalue weighted by atomic mass is 9.66. The Kier molecular flexibility index (Phi) is 8.57. The Morgan fingerprint density at radius 3 is 2.40 bits per heavy atom. The van der Waals surface area contributed by atoms with E-state index < -0.39 is 5.60 Å². The second-order valence-electron chi connectivity index (χ2n) is 11.9. The van der Waals surface area contributed by atoms with Crippen LogP contribution in [-0.4, -0.2) is 44.9 Å². The SMILES string of the molecule is CC(C)[C@H]1c2ccc(F)cc2CC[C@]1(O)CCN(C)CCCCn1c(=O)n(Cc2ccccc2)c2ccccc21. The highest BCUT2D eigenvalue weighted by Crippen LogP contribution is 2.45. The molecule has 1 heterocycles. The van der Waals surface area contributed by atoms with Gasteiger partial charge in [-0.05, 0) is 92.6 Å². The normalized spacial score (nSPS) is 19.0. The van der Waals surface area contributed by atoms with Crippen LogP contribution in [0.4, 0.5) is 4.39 Å². The van der Waals surface area contributed by atoms with Crippen molar-refractivity contribution in [1.82, 2.24) is 14.0 Å². The number of hydrogen-bond acceptors (Lipinski definition) is 3. The second kappa shape index (κ2) is 12.1. The Labute approximate surface area is 236 Å². The highest BCUT2D eigenvalue weighted by atomic mass is 19.1. The first-order valence-corrected chi connectivity index (χ1v) is 14.7. The number of unbranched alkanes of at least 4 members (excludes halogenated alkanes) is 1. The van der Waals surface area contributed by atoms with E-state index in [1.54, 1.807) is 6.07 Å². The number of rotatable bonds is 11. The average Bonchev–Trinajstić information content (AvgIpc) is 3.20. The van der Waals surface area contributed by atoms with Gasteiger partial charge in [0.15, 0.2) is 0 Å². The number of aryl methyl sites for hydroxylation is 2. The number of para-hydroxylation sites is 2. The molecule has 3 aromatic carbocycles. The third-order valence-electron chi connectivity index (χ3n) is 8.72. The zero-order chi connectivity index (χ0) is 28.3. The molecule has 4 aromatic rings. The van der Waals surface area contributed by atoms with E-state index in [-0.39, 0.29) is 23.3 Å². The molecule has 5 rings (SSSR count). The summed E-state index contributed by atoms with van der Waals surface area (Å²) in [6.07, 6.45) is 3.94. The van der Waals surface area contributed by atoms with Crippen LogP contribution in [0.25, 0.3) is 11.0 Å². The largest absolute Gasteiger partial charge is 0.389 e. The van der Waals surface area contributed by atoms with E-state index in [2.05, 4.69) is 37.9 Å². The maximum absolute atomic E-state index is 13.8. The van der Waals surface area contributed by atoms with Gasteiger partial charge < -0.3 is 10.0 Å². The van der Waals surface area contributed by atoms with Crippen molar-refractivity contribution in [2.45, 2.75) is 70.6 Å². The summed E-state index contributed by atoms with van der Waals surface area (Å²) in [6, 6.07) is 23.2. The van der Waals surface area contributed by atoms with Crippen molar-refractivity contribution in [3.8, 4) is 0 Å². The first-order chi connectivity index (χ1) is 19.3. The van der Waals surface area contributed by atoms with Gasteiger partial charge in [0.1, 0.15) is 5.82 Å². The van der Waals surface area contributed by atoms with E-state index in [0.717, 1.165) is 53.7 Å². The molecule has 0 spiro atoms. The topological polar surface area (TPSA) is 50.4 Å². The maximum atomic E-state index is 13.8. The number of aliphatic hydroxyl groups is 1. The predicted molar refractivity (Wildman–Crippen MR) is 160 cm³/mol. The Bertz CT molecular complexity index is 1490. The summed E-state index contributed by atoms with van der Waals surface area (Å²) in [6.45, 7) is 7.25. The van der Waals surface area contributed by atoms with Crippen molar-refractivity contribution in [1.29, 1.82) is 0 Å². The van der Waals surface area contributed by atoms with Gasteiger partial charge >= 0.3 is 5.69 Å². The van der Waals surface area contributed by atoms with Gasteiger partial charge in [0, 0.05) is 19.0 Å². The van der Waals surface area contributed by atoms with Crippen LogP contribution < -0.4 is 5.69 Å². The Morgan fingerprint density at radius 2 is 1.68 bits per heavy atom. The van der Waals surface area contributed by atoms with E-state index in [1.807, 2.05) is 57.7 Å². The summed E-state index contributed by atoms with van der Waals surface area (Å²) >= 11 is 0. The number of benzene rings is 3. The molecule has 212 valence electrons. The Balaban J connectivity index is 1.18. The first-order valence-electron chi connectivity index (χ1n) is 14.7. The molecule has 0 radical (unpaired) electrons. The van der Waals surface area contributed by atoms with Gasteiger partial charge in [0.05, 0.1) is 23.2 Å². The summed E-state index contributed by atoms with van der Waals surface area (Å²) in [7, 11) is 2.11. The van der Waals surface area contributed by atoms with Gasteiger partial charge in [-0.2, -0.15) is 0 Å². The lowest BCUT2D eigenvalue weighted by Gasteiger charge is -2.44. The van der Waals surface area contributed by atoms with Crippen LogP contribution in [0.2, 0.25) is 0 Å². The Hall–Kier alpha value is -3.22. The molecule has 5 nitrogen and oxygen atoms in total. The third-order valence-corrected chi connectivity index (χ3v) is 8.72. The number of fused-ring (bicyclic) bond motifs is 2. The van der Waals surface area contributed by atoms with Crippen molar-refractivity contribution < 1.29 is 9.50 Å². The summed E-state index contributed by atoms with van der Waals surface area (Å²) < 4.78 is 17.6. The zero-order valence-corrected chi connectivity index (χ0v) is 24.0. The molecule has 0 aliphatic heterocycles. The number of aromatic nitrogens is 2. The third kappa shape index (κ3) is 5.93. The van der Waals surface area contributed by atoms with Gasteiger partial charge in [0.2, 0.25) is 0 Å². The molecular formula is C34H42FN3O2. The molecule has 0 bridgehead atoms. The number of hydrogen-bond donors (Lipinski definition) is 1. The maximum Gasteiger partial charge on any atom is 0.329 e. The molecule has 1 aliphatic rings. The van der Waals surface area contributed by atoms with Gasteiger partial charge in [-0.3, -0.25) is 9.13 Å². The standard InChI is InChI=1S/C34H42FN3O2/c1-25(2)32-29-16-15-28(35)23-27(29)17-18-34(32,40)19-22-36(3)20-9-10-21-37-30-13-7-8-14-31(30)38(33(37)39)24-26-11-5-4-6-12-26/h4-8,11-16,23,25,32,40H,9-10,17-22,24H2,1-3H3/t32-,34-/m0/s1. The lowest BCUT2D eigenvalue weighted by Crippen LogP contribution is -2.45. The number of halogens is 1. The van der Waals surface area contributed by atoms with E-state index in [1.165, 1.54) is 6.07 Å². The molecule has 6 heteroatoms. The van der Waals surface area contributed by atoms with Crippen molar-refractivity contribution in [2.24, 2.45) is 5.92 Å². The van der Waals surface area contributed by atoms with Crippen molar-refractivity contribution >= 4 is 11.0 Å². The highest BCUT2D eigenvalue weighted by molar-refractivity contribution is 5.76. The van der Waals surface area contributed by atoms with Crippen LogP contribution in [0.15, 0.2) is 77.6 Å². The minimum atomic E-state index is -0.791. The van der Waals surface area contributed by atoms with Crippen LogP contribution >= 0.6 is 0 Å². The zero-order valence-electron chi connectivity index (χ0n) is 24.0. The molecule has 0 unspecified atom stereocenters. The summed E-state index contributed by atoms with van der Waals surface area (Å²) in [5, 5.41) is 11.8. The number of imidazole rings is 1. The van der Waals surface area contributed by atoms with Crippen LogP contribution in [-0.2, 0) is 19.5 Å². The minimum absolute atomic E-state index is 0.00493. The molecule has 2 atom stereocenters. The summed E-state index contributed by atoms with van der Waals surface area (Å²) in [5.74, 6) is 0.0712. The van der Waals surface area contributed by atoms with Crippen molar-refractivity contribution in [3.05, 3.63) is 106 Å². The first kappa shape index (κ1) is 28.3. The van der Waals surface area contributed by atoms with Gasteiger partial charge in [-0.15, -0.1) is 0 Å². The molecular weight excluding hydrogens is 501 g/mol. The predicted octanol–water partition coefficient (Wildman–Crippen LogP) is 6.21. The van der Waals surface area contributed by atoms with Crippen molar-refractivity contribution in [2.75, 3.05) is 20.1 Å². The molecule has 1 aromatic heterocycles. The monoisotopic (exact) mass is 543 g/mol. The Morgan fingerprint density at radius 1 is 0.975 bits per heavy atom. The molecule has 0 saturated carbocycles. The molecule has 1 aliphatic carbocycles. The molecule has 0 amide bonds. The fraction of sp³-hybridized carbons (Fsp3) is 0.441. The number of nitrogens with zero attached hydrogens (tertiary/aromatic N) is 3.